The van der Waals surface area contributed by atoms with Crippen molar-refractivity contribution in [2.75, 3.05) is 31.9 Å². The van der Waals surface area contributed by atoms with Crippen LogP contribution in [0.5, 0.6) is 0 Å². The third-order valence-electron chi connectivity index (χ3n) is 3.63. The predicted molar refractivity (Wildman–Crippen MR) is 77.8 cm³/mol. The van der Waals surface area contributed by atoms with Gasteiger partial charge in [-0.1, -0.05) is 20.8 Å². The summed E-state index contributed by atoms with van der Waals surface area (Å²) in [5.74, 6) is 2.15. The molecule has 2 nitrogen and oxygen atoms in total. The molecule has 0 aromatic heterocycles. The van der Waals surface area contributed by atoms with Gasteiger partial charge in [-0.25, -0.2) is 0 Å². The lowest BCUT2D eigenvalue weighted by Gasteiger charge is -2.18. The number of hydrogen-bond donors (Lipinski definition) is 1. The molecule has 1 aliphatic heterocycles. The fourth-order valence-corrected chi connectivity index (χ4v) is 3.39. The molecule has 3 heteroatoms. The van der Waals surface area contributed by atoms with Crippen molar-refractivity contribution in [3.05, 3.63) is 0 Å². The highest BCUT2D eigenvalue weighted by atomic mass is 32.2. The molecule has 1 unspecified atom stereocenters. The zero-order chi connectivity index (χ0) is 12.3. The Morgan fingerprint density at radius 1 is 1.24 bits per heavy atom. The summed E-state index contributed by atoms with van der Waals surface area (Å²) >= 11 is 2.06. The topological polar surface area (TPSA) is 15.3 Å². The Morgan fingerprint density at radius 3 is 2.65 bits per heavy atom. The largest absolute Gasteiger partial charge is 0.316 e. The smallest absolute Gasteiger partial charge is 0.00965 e. The van der Waals surface area contributed by atoms with Crippen LogP contribution in [0.4, 0.5) is 0 Å². The molecule has 0 amide bonds. The summed E-state index contributed by atoms with van der Waals surface area (Å²) in [6.45, 7) is 12.0. The summed E-state index contributed by atoms with van der Waals surface area (Å²) in [4.78, 5) is 2.70. The van der Waals surface area contributed by atoms with Crippen molar-refractivity contribution in [2.45, 2.75) is 50.8 Å². The highest BCUT2D eigenvalue weighted by Gasteiger charge is 2.33. The molecule has 17 heavy (non-hydrogen) atoms. The maximum Gasteiger partial charge on any atom is 0.00965 e. The highest BCUT2D eigenvalue weighted by molar-refractivity contribution is 8.00. The number of nitrogens with one attached hydrogen (secondary N) is 1. The molecule has 1 heterocycles. The summed E-state index contributed by atoms with van der Waals surface area (Å²) in [5, 5.41) is 3.63. The Labute approximate surface area is 111 Å². The summed E-state index contributed by atoms with van der Waals surface area (Å²) in [6, 6.07) is 0.969. The normalized spacial score (nSPS) is 26.6. The van der Waals surface area contributed by atoms with Gasteiger partial charge < -0.3 is 10.2 Å². The monoisotopic (exact) mass is 256 g/mol. The molecule has 0 aromatic rings. The Morgan fingerprint density at radius 2 is 2.00 bits per heavy atom. The van der Waals surface area contributed by atoms with E-state index in [1.807, 2.05) is 0 Å². The Balaban J connectivity index is 1.48. The van der Waals surface area contributed by atoms with E-state index in [1.54, 1.807) is 0 Å². The first-order valence-corrected chi connectivity index (χ1v) is 8.12. The first-order chi connectivity index (χ1) is 8.04. The minimum Gasteiger partial charge on any atom is -0.316 e. The minimum atomic E-state index is 0.414. The third-order valence-corrected chi connectivity index (χ3v) is 4.90. The number of hydrogen-bond acceptors (Lipinski definition) is 3. The van der Waals surface area contributed by atoms with Crippen LogP contribution >= 0.6 is 11.8 Å². The lowest BCUT2D eigenvalue weighted by atomic mass is 10.1. The van der Waals surface area contributed by atoms with Gasteiger partial charge in [0.15, 0.2) is 0 Å². The van der Waals surface area contributed by atoms with Gasteiger partial charge in [-0.2, -0.15) is 11.8 Å². The number of likely N-dealkylation sites (tertiary alicyclic amines) is 1. The molecule has 1 aliphatic carbocycles. The van der Waals surface area contributed by atoms with Gasteiger partial charge in [0.25, 0.3) is 0 Å². The van der Waals surface area contributed by atoms with E-state index in [9.17, 15) is 0 Å². The Hall–Kier alpha value is 0.270. The third kappa shape index (κ3) is 5.19. The maximum absolute atomic E-state index is 3.63. The van der Waals surface area contributed by atoms with Crippen LogP contribution < -0.4 is 5.32 Å². The van der Waals surface area contributed by atoms with Crippen molar-refractivity contribution >= 4 is 11.8 Å². The van der Waals surface area contributed by atoms with Gasteiger partial charge in [0.05, 0.1) is 0 Å². The maximum atomic E-state index is 3.63. The molecule has 0 spiro atoms. The van der Waals surface area contributed by atoms with Crippen molar-refractivity contribution in [1.29, 1.82) is 0 Å². The van der Waals surface area contributed by atoms with Gasteiger partial charge >= 0.3 is 0 Å². The standard InChI is InChI=1S/C14H28N2S/c1-14(2,3)17-9-7-15-10-12-6-8-16(11-12)13-4-5-13/h12-13,15H,4-11H2,1-3H3. The van der Waals surface area contributed by atoms with Gasteiger partial charge in [0, 0.05) is 29.6 Å². The molecule has 0 radical (unpaired) electrons. The molecule has 2 aliphatic rings. The van der Waals surface area contributed by atoms with Crippen LogP contribution in [0.1, 0.15) is 40.0 Å². The number of nitrogens with zero attached hydrogens (tertiary/aromatic N) is 1. The van der Waals surface area contributed by atoms with E-state index in [0.29, 0.717) is 4.75 Å². The van der Waals surface area contributed by atoms with Gasteiger partial charge in [-0.15, -0.1) is 0 Å². The van der Waals surface area contributed by atoms with Crippen molar-refractivity contribution < 1.29 is 0 Å². The van der Waals surface area contributed by atoms with E-state index in [4.69, 9.17) is 0 Å². The second-order valence-corrected chi connectivity index (χ2v) is 8.47. The van der Waals surface area contributed by atoms with Crippen LogP contribution in [0.2, 0.25) is 0 Å². The van der Waals surface area contributed by atoms with E-state index >= 15 is 0 Å². The van der Waals surface area contributed by atoms with E-state index in [0.717, 1.165) is 12.0 Å². The zero-order valence-electron chi connectivity index (χ0n) is 11.7. The average molecular weight is 256 g/mol. The van der Waals surface area contributed by atoms with Crippen LogP contribution in [0.3, 0.4) is 0 Å². The first-order valence-electron chi connectivity index (χ1n) is 7.13. The van der Waals surface area contributed by atoms with Crippen LogP contribution in [0, 0.1) is 5.92 Å². The average Bonchev–Trinajstić information content (AvgIpc) is 2.97. The summed E-state index contributed by atoms with van der Waals surface area (Å²) in [7, 11) is 0. The summed E-state index contributed by atoms with van der Waals surface area (Å²) < 4.78 is 0.414. The van der Waals surface area contributed by atoms with Crippen molar-refractivity contribution in [3.8, 4) is 0 Å². The van der Waals surface area contributed by atoms with Gasteiger partial charge in [-0.3, -0.25) is 0 Å². The molecule has 100 valence electrons. The van der Waals surface area contributed by atoms with E-state index in [1.165, 1.54) is 51.2 Å². The van der Waals surface area contributed by atoms with Crippen molar-refractivity contribution in [2.24, 2.45) is 5.92 Å². The molecule has 2 rings (SSSR count). The van der Waals surface area contributed by atoms with E-state index < -0.39 is 0 Å². The van der Waals surface area contributed by atoms with Crippen LogP contribution in [-0.4, -0.2) is 47.6 Å². The Bertz CT molecular complexity index is 233. The fourth-order valence-electron chi connectivity index (χ4n) is 2.54. The van der Waals surface area contributed by atoms with Crippen LogP contribution in [0.25, 0.3) is 0 Å². The predicted octanol–water partition coefficient (Wildman–Crippen LogP) is 2.59. The molecular weight excluding hydrogens is 228 g/mol. The molecular formula is C14H28N2S. The Kier molecular flexibility index (Phi) is 4.79. The van der Waals surface area contributed by atoms with Crippen LogP contribution in [0.15, 0.2) is 0 Å². The second-order valence-electron chi connectivity index (χ2n) is 6.55. The van der Waals surface area contributed by atoms with Gasteiger partial charge in [0.2, 0.25) is 0 Å². The molecule has 1 saturated carbocycles. The van der Waals surface area contributed by atoms with E-state index in [-0.39, 0.29) is 0 Å². The van der Waals surface area contributed by atoms with E-state index in [2.05, 4.69) is 42.7 Å². The lowest BCUT2D eigenvalue weighted by molar-refractivity contribution is 0.312. The second kappa shape index (κ2) is 5.94. The first kappa shape index (κ1) is 13.7. The van der Waals surface area contributed by atoms with Gasteiger partial charge in [0.1, 0.15) is 0 Å². The van der Waals surface area contributed by atoms with Gasteiger partial charge in [-0.05, 0) is 38.3 Å². The summed E-state index contributed by atoms with van der Waals surface area (Å²) in [6.07, 6.45) is 4.33. The van der Waals surface area contributed by atoms with Crippen molar-refractivity contribution in [1.82, 2.24) is 10.2 Å². The quantitative estimate of drug-likeness (QED) is 0.735. The van der Waals surface area contributed by atoms with Crippen LogP contribution in [-0.2, 0) is 0 Å². The number of thioether (sulfide) groups is 1. The zero-order valence-corrected chi connectivity index (χ0v) is 12.5. The molecule has 0 aromatic carbocycles. The molecule has 1 N–H and O–H groups in total. The molecule has 1 saturated heterocycles. The number of rotatable bonds is 6. The fraction of sp³-hybridized carbons (Fsp3) is 1.00. The SMILES string of the molecule is CC(C)(C)SCCNCC1CCN(C2CC2)C1. The molecule has 0 bridgehead atoms. The minimum absolute atomic E-state index is 0.414. The highest BCUT2D eigenvalue weighted by Crippen LogP contribution is 2.31. The van der Waals surface area contributed by atoms with Crippen molar-refractivity contribution in [3.63, 3.8) is 0 Å². The summed E-state index contributed by atoms with van der Waals surface area (Å²) in [5.41, 5.74) is 0. The molecule has 2 fully saturated rings. The lowest BCUT2D eigenvalue weighted by Crippen LogP contribution is -2.29. The molecule has 1 atom stereocenters.